The van der Waals surface area contributed by atoms with Crippen molar-refractivity contribution in [3.8, 4) is 0 Å². The lowest BCUT2D eigenvalue weighted by molar-refractivity contribution is -0.387. The van der Waals surface area contributed by atoms with E-state index in [4.69, 9.17) is 33.2 Å². The van der Waals surface area contributed by atoms with Crippen LogP contribution < -0.4 is 0 Å². The maximum Gasteiger partial charge on any atom is 0.187 e. The van der Waals surface area contributed by atoms with Gasteiger partial charge >= 0.3 is 0 Å². The summed E-state index contributed by atoms with van der Waals surface area (Å²) in [6, 6.07) is 0. The van der Waals surface area contributed by atoms with Crippen molar-refractivity contribution in [3.05, 3.63) is 0 Å². The average molecular weight is 667 g/mol. The normalized spacial score (nSPS) is 52.9. The van der Waals surface area contributed by atoms with Crippen LogP contribution in [0.25, 0.3) is 0 Å². The Labute approximate surface area is 254 Å². The molecule has 21 nitrogen and oxygen atoms in total. The lowest BCUT2D eigenvalue weighted by Gasteiger charge is -2.49. The molecule has 0 bridgehead atoms. The molecular formula is C24H42O21. The Morgan fingerprint density at radius 2 is 0.644 bits per heavy atom. The maximum absolute atomic E-state index is 10.9. The molecule has 4 aliphatic rings. The fraction of sp³-hybridized carbons (Fsp3) is 1.00. The number of aliphatic hydroxyl groups is 14. The van der Waals surface area contributed by atoms with E-state index < -0.39 is 149 Å². The van der Waals surface area contributed by atoms with Crippen molar-refractivity contribution < 1.29 is 105 Å². The Morgan fingerprint density at radius 3 is 1.02 bits per heavy atom. The van der Waals surface area contributed by atoms with E-state index in [1.165, 1.54) is 0 Å². The Balaban J connectivity index is 1.43. The monoisotopic (exact) mass is 666 g/mol. The van der Waals surface area contributed by atoms with Crippen molar-refractivity contribution in [3.63, 3.8) is 0 Å². The van der Waals surface area contributed by atoms with Gasteiger partial charge in [-0.2, -0.15) is 0 Å². The van der Waals surface area contributed by atoms with E-state index in [0.29, 0.717) is 0 Å². The molecule has 264 valence electrons. The summed E-state index contributed by atoms with van der Waals surface area (Å²) in [4.78, 5) is 0. The highest BCUT2D eigenvalue weighted by atomic mass is 16.8. The van der Waals surface area contributed by atoms with E-state index >= 15 is 0 Å². The molecule has 0 saturated carbocycles. The standard InChI is InChI=1S/C24H42O21/c25-1-5-9(29)10(30)15(35)22(40-5)44-19-7(3-27)42-24(17(37)12(19)32)45-20-8(4-28)41-23(16(36)13(20)33)43-18-6(2-26)39-21(38)14(34)11(18)31/h5-38H,1-4H2/t5-,6-,7-,8-,9+,10+,11-,12-,13-,14+,15+,16+,17+,18-,19-,20-,21-,22+,23+,24+/m1/s1. The predicted molar refractivity (Wildman–Crippen MR) is 134 cm³/mol. The first-order valence-electron chi connectivity index (χ1n) is 14.1. The molecule has 4 fully saturated rings. The third-order valence-electron chi connectivity index (χ3n) is 8.20. The summed E-state index contributed by atoms with van der Waals surface area (Å²) in [6.45, 7) is -3.39. The first-order chi connectivity index (χ1) is 21.3. The third kappa shape index (κ3) is 7.44. The number of ether oxygens (including phenoxy) is 7. The highest BCUT2D eigenvalue weighted by Gasteiger charge is 2.55. The minimum absolute atomic E-state index is 0.784. The van der Waals surface area contributed by atoms with Gasteiger partial charge in [-0.05, 0) is 0 Å². The highest BCUT2D eigenvalue weighted by molar-refractivity contribution is 4.97. The number of hydrogen-bond acceptors (Lipinski definition) is 21. The summed E-state index contributed by atoms with van der Waals surface area (Å²) in [5.41, 5.74) is 0. The summed E-state index contributed by atoms with van der Waals surface area (Å²) in [6.07, 6.45) is -35.3. The zero-order valence-corrected chi connectivity index (χ0v) is 23.5. The van der Waals surface area contributed by atoms with Gasteiger partial charge in [-0.25, -0.2) is 0 Å². The smallest absolute Gasteiger partial charge is 0.187 e. The summed E-state index contributed by atoms with van der Waals surface area (Å²) in [5.74, 6) is 0. The van der Waals surface area contributed by atoms with Gasteiger partial charge in [-0.1, -0.05) is 0 Å². The molecule has 0 unspecified atom stereocenters. The number of aliphatic hydroxyl groups excluding tert-OH is 14. The van der Waals surface area contributed by atoms with Crippen LogP contribution >= 0.6 is 0 Å². The molecule has 0 spiro atoms. The molecule has 21 heteroatoms. The molecule has 0 aromatic carbocycles. The summed E-state index contributed by atoms with van der Waals surface area (Å²) < 4.78 is 37.7. The van der Waals surface area contributed by atoms with Gasteiger partial charge in [0.15, 0.2) is 25.2 Å². The molecule has 20 atom stereocenters. The topological polar surface area (TPSA) is 348 Å². The Bertz CT molecular complexity index is 910. The minimum Gasteiger partial charge on any atom is -0.394 e. The van der Waals surface area contributed by atoms with E-state index in [1.807, 2.05) is 0 Å². The first kappa shape index (κ1) is 37.0. The van der Waals surface area contributed by atoms with Crippen molar-refractivity contribution in [1.82, 2.24) is 0 Å². The van der Waals surface area contributed by atoms with Crippen LogP contribution in [0.15, 0.2) is 0 Å². The van der Waals surface area contributed by atoms with Gasteiger partial charge in [0.05, 0.1) is 26.4 Å². The molecule has 0 aromatic heterocycles. The molecular weight excluding hydrogens is 624 g/mol. The van der Waals surface area contributed by atoms with E-state index in [2.05, 4.69) is 0 Å². The fourth-order valence-corrected chi connectivity index (χ4v) is 5.55. The lowest BCUT2D eigenvalue weighted by atomic mass is 9.95. The molecule has 0 amide bonds. The summed E-state index contributed by atoms with van der Waals surface area (Å²) >= 11 is 0. The second kappa shape index (κ2) is 15.6. The molecule has 0 radical (unpaired) electrons. The summed E-state index contributed by atoms with van der Waals surface area (Å²) in [5, 5.41) is 142. The SMILES string of the molecule is OC[C@H]1O[C@@H](O[C@H]2[C@H](O)[C@H](O)[C@H](O[C@H]3[C@H](O)[C@H](O)[C@H](O[C@H]4[C@H](O)[C@H](O)[C@H](O)O[C@@H]4CO)O[C@@H]3CO)O[C@@H]2CO)[C@@H](O)[C@@H](O)[C@H]1O. The van der Waals surface area contributed by atoms with Gasteiger partial charge in [0, 0.05) is 0 Å². The van der Waals surface area contributed by atoms with Gasteiger partial charge in [-0.15, -0.1) is 0 Å². The zero-order valence-electron chi connectivity index (χ0n) is 23.5. The lowest BCUT2D eigenvalue weighted by Crippen LogP contribution is -2.67. The third-order valence-corrected chi connectivity index (χ3v) is 8.20. The van der Waals surface area contributed by atoms with Crippen molar-refractivity contribution >= 4 is 0 Å². The fourth-order valence-electron chi connectivity index (χ4n) is 5.55. The Hall–Kier alpha value is -0.840. The van der Waals surface area contributed by atoms with Gasteiger partial charge in [0.2, 0.25) is 0 Å². The van der Waals surface area contributed by atoms with Crippen LogP contribution in [0.2, 0.25) is 0 Å². The van der Waals surface area contributed by atoms with Gasteiger partial charge in [-0.3, -0.25) is 0 Å². The quantitative estimate of drug-likeness (QED) is 0.103. The van der Waals surface area contributed by atoms with Crippen molar-refractivity contribution in [2.24, 2.45) is 0 Å². The molecule has 4 heterocycles. The highest BCUT2D eigenvalue weighted by Crippen LogP contribution is 2.34. The van der Waals surface area contributed by atoms with Crippen LogP contribution in [0.4, 0.5) is 0 Å². The van der Waals surface area contributed by atoms with Crippen LogP contribution in [-0.2, 0) is 33.2 Å². The first-order valence-corrected chi connectivity index (χ1v) is 14.1. The molecule has 14 N–H and O–H groups in total. The second-order valence-corrected chi connectivity index (χ2v) is 11.1. The molecule has 4 saturated heterocycles. The summed E-state index contributed by atoms with van der Waals surface area (Å²) in [7, 11) is 0. The van der Waals surface area contributed by atoms with Crippen molar-refractivity contribution in [2.75, 3.05) is 26.4 Å². The van der Waals surface area contributed by atoms with E-state index in [9.17, 15) is 71.5 Å². The average Bonchev–Trinajstić information content (AvgIpc) is 3.03. The second-order valence-electron chi connectivity index (χ2n) is 11.1. The maximum atomic E-state index is 10.9. The molecule has 0 aliphatic carbocycles. The molecule has 0 aromatic rings. The van der Waals surface area contributed by atoms with Crippen LogP contribution in [0.1, 0.15) is 0 Å². The molecule has 4 aliphatic heterocycles. The van der Waals surface area contributed by atoms with Crippen molar-refractivity contribution in [1.29, 1.82) is 0 Å². The number of rotatable bonds is 10. The Morgan fingerprint density at radius 1 is 0.333 bits per heavy atom. The minimum atomic E-state index is -2.02. The Kier molecular flexibility index (Phi) is 12.8. The van der Waals surface area contributed by atoms with Gasteiger partial charge in [0.25, 0.3) is 0 Å². The zero-order chi connectivity index (χ0) is 33.3. The molecule has 45 heavy (non-hydrogen) atoms. The van der Waals surface area contributed by atoms with Crippen LogP contribution in [0, 0.1) is 0 Å². The van der Waals surface area contributed by atoms with Crippen molar-refractivity contribution in [2.45, 2.75) is 123 Å². The van der Waals surface area contributed by atoms with Crippen LogP contribution in [0.5, 0.6) is 0 Å². The van der Waals surface area contributed by atoms with E-state index in [-0.39, 0.29) is 0 Å². The van der Waals surface area contributed by atoms with Crippen LogP contribution in [-0.4, -0.2) is 221 Å². The number of hydrogen-bond donors (Lipinski definition) is 14. The van der Waals surface area contributed by atoms with Crippen LogP contribution in [0.3, 0.4) is 0 Å². The van der Waals surface area contributed by atoms with E-state index in [0.717, 1.165) is 0 Å². The van der Waals surface area contributed by atoms with Gasteiger partial charge < -0.3 is 105 Å². The molecule has 4 rings (SSSR count). The largest absolute Gasteiger partial charge is 0.394 e. The van der Waals surface area contributed by atoms with E-state index in [1.54, 1.807) is 0 Å². The predicted octanol–water partition coefficient (Wildman–Crippen LogP) is -9.75. The van der Waals surface area contributed by atoms with Gasteiger partial charge in [0.1, 0.15) is 97.7 Å².